The molecule has 0 aliphatic carbocycles. The molecule has 0 spiro atoms. The van der Waals surface area contributed by atoms with Gasteiger partial charge in [-0.15, -0.1) is 0 Å². The second-order valence-corrected chi connectivity index (χ2v) is 5.40. The van der Waals surface area contributed by atoms with E-state index < -0.39 is 0 Å². The van der Waals surface area contributed by atoms with E-state index in [2.05, 4.69) is 43.3 Å². The molecule has 4 N–H and O–H groups in total. The number of hydrogen-bond donors (Lipinski definition) is 2. The highest BCUT2D eigenvalue weighted by Gasteiger charge is 2.03. The van der Waals surface area contributed by atoms with E-state index in [1.54, 1.807) is 5.01 Å². The molecule has 0 aliphatic rings. The first-order valence-electron chi connectivity index (χ1n) is 7.78. The van der Waals surface area contributed by atoms with Gasteiger partial charge in [-0.05, 0) is 41.6 Å². The first-order valence-corrected chi connectivity index (χ1v) is 7.78. The topological polar surface area (TPSA) is 55.3 Å². The number of hydrogen-bond acceptors (Lipinski definition) is 3. The molecule has 0 bridgehead atoms. The van der Waals surface area contributed by atoms with E-state index in [9.17, 15) is 0 Å². The second kappa shape index (κ2) is 8.37. The Bertz CT molecular complexity index is 588. The van der Waals surface area contributed by atoms with Crippen LogP contribution in [0.25, 0.3) is 5.57 Å². The van der Waals surface area contributed by atoms with Crippen molar-refractivity contribution in [1.82, 2.24) is 5.01 Å². The normalized spacial score (nSPS) is 11.5. The lowest BCUT2D eigenvalue weighted by molar-refractivity contribution is 0.387. The zero-order chi connectivity index (χ0) is 15.8. The van der Waals surface area contributed by atoms with Gasteiger partial charge < -0.3 is 10.7 Å². The van der Waals surface area contributed by atoms with Crippen LogP contribution in [-0.4, -0.2) is 11.6 Å². The number of hydrazine groups is 1. The molecule has 116 valence electrons. The lowest BCUT2D eigenvalue weighted by Crippen LogP contribution is -2.24. The molecule has 2 rings (SSSR count). The molecule has 0 aliphatic heterocycles. The van der Waals surface area contributed by atoms with Gasteiger partial charge in [-0.1, -0.05) is 61.5 Å². The zero-order valence-corrected chi connectivity index (χ0v) is 13.2. The van der Waals surface area contributed by atoms with Crippen molar-refractivity contribution in [2.75, 3.05) is 6.54 Å². The van der Waals surface area contributed by atoms with Crippen molar-refractivity contribution in [3.8, 4) is 0 Å². The molecular formula is C19H25N3. The van der Waals surface area contributed by atoms with Crippen molar-refractivity contribution >= 4 is 5.57 Å². The van der Waals surface area contributed by atoms with E-state index in [0.717, 1.165) is 12.8 Å². The Morgan fingerprint density at radius 1 is 1.00 bits per heavy atom. The maximum Gasteiger partial charge on any atom is 0.0585 e. The Morgan fingerprint density at radius 3 is 2.27 bits per heavy atom. The van der Waals surface area contributed by atoms with Gasteiger partial charge in [0, 0.05) is 6.20 Å². The van der Waals surface area contributed by atoms with Crippen LogP contribution < -0.4 is 11.6 Å². The van der Waals surface area contributed by atoms with Crippen molar-refractivity contribution in [3.63, 3.8) is 0 Å². The average Bonchev–Trinajstić information content (AvgIpc) is 2.55. The Hall–Kier alpha value is -2.10. The molecule has 3 nitrogen and oxygen atoms in total. The SMILES string of the molecule is CC/C(=C\N(N)Cc1ccccc1)c1ccc(CCN)cc1. The smallest absolute Gasteiger partial charge is 0.0585 e. The number of nitrogens with two attached hydrogens (primary N) is 2. The molecule has 0 heterocycles. The summed E-state index contributed by atoms with van der Waals surface area (Å²) < 4.78 is 0. The molecule has 3 heteroatoms. The van der Waals surface area contributed by atoms with E-state index in [1.165, 1.54) is 22.3 Å². The molecule has 0 radical (unpaired) electrons. The quantitative estimate of drug-likeness (QED) is 0.608. The Kier molecular flexibility index (Phi) is 6.19. The standard InChI is InChI=1S/C19H25N3/c1-2-18(19-10-8-16(9-11-19)12-13-20)15-22(21)14-17-6-4-3-5-7-17/h3-11,15H,2,12-14,20-21H2,1H3/b18-15+. The van der Waals surface area contributed by atoms with Crippen LogP contribution in [0.2, 0.25) is 0 Å². The number of allylic oxidation sites excluding steroid dienone is 1. The fourth-order valence-electron chi connectivity index (χ4n) is 2.46. The summed E-state index contributed by atoms with van der Waals surface area (Å²) in [6.07, 6.45) is 3.89. The van der Waals surface area contributed by atoms with Crippen LogP contribution in [0.4, 0.5) is 0 Å². The summed E-state index contributed by atoms with van der Waals surface area (Å²) in [5.74, 6) is 6.14. The average molecular weight is 295 g/mol. The largest absolute Gasteiger partial charge is 0.330 e. The highest BCUT2D eigenvalue weighted by atomic mass is 15.4. The van der Waals surface area contributed by atoms with Crippen molar-refractivity contribution < 1.29 is 0 Å². The van der Waals surface area contributed by atoms with E-state index in [4.69, 9.17) is 11.6 Å². The highest BCUT2D eigenvalue weighted by molar-refractivity contribution is 5.65. The van der Waals surface area contributed by atoms with Gasteiger partial charge in [0.15, 0.2) is 0 Å². The van der Waals surface area contributed by atoms with Crippen LogP contribution in [-0.2, 0) is 13.0 Å². The molecular weight excluding hydrogens is 270 g/mol. The van der Waals surface area contributed by atoms with Crippen molar-refractivity contribution in [3.05, 3.63) is 77.5 Å². The van der Waals surface area contributed by atoms with Crippen molar-refractivity contribution in [2.45, 2.75) is 26.3 Å². The minimum atomic E-state index is 0.684. The predicted molar refractivity (Wildman–Crippen MR) is 93.6 cm³/mol. The Labute approximate surface area is 133 Å². The van der Waals surface area contributed by atoms with E-state index in [1.807, 2.05) is 24.4 Å². The summed E-state index contributed by atoms with van der Waals surface area (Å²) in [7, 11) is 0. The molecule has 0 saturated carbocycles. The summed E-state index contributed by atoms with van der Waals surface area (Å²) in [6.45, 7) is 3.54. The molecule has 0 aromatic heterocycles. The Balaban J connectivity index is 2.09. The monoisotopic (exact) mass is 295 g/mol. The summed E-state index contributed by atoms with van der Waals surface area (Å²) in [6, 6.07) is 18.8. The van der Waals surface area contributed by atoms with Crippen LogP contribution in [0.5, 0.6) is 0 Å². The lowest BCUT2D eigenvalue weighted by atomic mass is 10.0. The van der Waals surface area contributed by atoms with Crippen molar-refractivity contribution in [2.24, 2.45) is 11.6 Å². The van der Waals surface area contributed by atoms with Gasteiger partial charge in [0.2, 0.25) is 0 Å². The van der Waals surface area contributed by atoms with E-state index in [-0.39, 0.29) is 0 Å². The van der Waals surface area contributed by atoms with Crippen LogP contribution in [0.3, 0.4) is 0 Å². The molecule has 0 atom stereocenters. The first-order chi connectivity index (χ1) is 10.7. The number of rotatable bonds is 7. The first kappa shape index (κ1) is 16.3. The van der Waals surface area contributed by atoms with Gasteiger partial charge in [0.05, 0.1) is 6.54 Å². The van der Waals surface area contributed by atoms with Gasteiger partial charge in [-0.3, -0.25) is 0 Å². The molecule has 0 unspecified atom stereocenters. The molecule has 2 aromatic rings. The predicted octanol–water partition coefficient (Wildman–Crippen LogP) is 3.31. The van der Waals surface area contributed by atoms with Gasteiger partial charge in [0.25, 0.3) is 0 Å². The number of benzene rings is 2. The molecule has 0 saturated heterocycles. The molecule has 0 amide bonds. The van der Waals surface area contributed by atoms with E-state index in [0.29, 0.717) is 13.1 Å². The third-order valence-electron chi connectivity index (χ3n) is 3.67. The van der Waals surface area contributed by atoms with Crippen LogP contribution >= 0.6 is 0 Å². The van der Waals surface area contributed by atoms with Gasteiger partial charge in [-0.2, -0.15) is 0 Å². The van der Waals surface area contributed by atoms with Gasteiger partial charge in [-0.25, -0.2) is 5.84 Å². The van der Waals surface area contributed by atoms with Crippen LogP contribution in [0.1, 0.15) is 30.0 Å². The van der Waals surface area contributed by atoms with E-state index >= 15 is 0 Å². The summed E-state index contributed by atoms with van der Waals surface area (Å²) in [4.78, 5) is 0. The minimum absolute atomic E-state index is 0.684. The maximum absolute atomic E-state index is 6.14. The molecule has 2 aromatic carbocycles. The van der Waals surface area contributed by atoms with Crippen LogP contribution in [0.15, 0.2) is 60.8 Å². The summed E-state index contributed by atoms with van der Waals surface area (Å²) >= 11 is 0. The fourth-order valence-corrected chi connectivity index (χ4v) is 2.46. The molecule has 0 fully saturated rings. The third kappa shape index (κ3) is 4.72. The van der Waals surface area contributed by atoms with Crippen LogP contribution in [0, 0.1) is 0 Å². The number of nitrogens with zero attached hydrogens (tertiary/aromatic N) is 1. The van der Waals surface area contributed by atoms with Gasteiger partial charge >= 0.3 is 0 Å². The van der Waals surface area contributed by atoms with Crippen molar-refractivity contribution in [1.29, 1.82) is 0 Å². The summed E-state index contributed by atoms with van der Waals surface area (Å²) in [5.41, 5.74) is 10.5. The third-order valence-corrected chi connectivity index (χ3v) is 3.67. The lowest BCUT2D eigenvalue weighted by Gasteiger charge is -2.16. The Morgan fingerprint density at radius 2 is 1.68 bits per heavy atom. The summed E-state index contributed by atoms with van der Waals surface area (Å²) in [5, 5.41) is 1.75. The highest BCUT2D eigenvalue weighted by Crippen LogP contribution is 2.19. The molecule has 22 heavy (non-hydrogen) atoms. The second-order valence-electron chi connectivity index (χ2n) is 5.40. The zero-order valence-electron chi connectivity index (χ0n) is 13.2. The maximum atomic E-state index is 6.14. The minimum Gasteiger partial charge on any atom is -0.330 e. The van der Waals surface area contributed by atoms with Gasteiger partial charge in [0.1, 0.15) is 0 Å². The fraction of sp³-hybridized carbons (Fsp3) is 0.263.